The van der Waals surface area contributed by atoms with Crippen molar-refractivity contribution in [3.05, 3.63) is 58.6 Å². The molecule has 140 valence electrons. The van der Waals surface area contributed by atoms with E-state index >= 15 is 0 Å². The van der Waals surface area contributed by atoms with Gasteiger partial charge >= 0.3 is 0 Å². The highest BCUT2D eigenvalue weighted by atomic mass is 79.9. The van der Waals surface area contributed by atoms with Gasteiger partial charge in [-0.05, 0) is 42.5 Å². The molecular formula is C19H20BrN5OS. The van der Waals surface area contributed by atoms with Crippen molar-refractivity contribution >= 4 is 49.9 Å². The van der Waals surface area contributed by atoms with Crippen LogP contribution in [0.15, 0.2) is 63.2 Å². The molecule has 0 atom stereocenters. The fourth-order valence-electron chi connectivity index (χ4n) is 2.94. The minimum atomic E-state index is -0.0791. The number of hydrogen-bond acceptors (Lipinski definition) is 4. The monoisotopic (exact) mass is 445 g/mol. The van der Waals surface area contributed by atoms with Gasteiger partial charge in [-0.25, -0.2) is 0 Å². The molecule has 2 aromatic carbocycles. The Hall–Kier alpha value is -2.29. The van der Waals surface area contributed by atoms with E-state index in [1.165, 1.54) is 5.56 Å². The number of azo groups is 1. The highest BCUT2D eigenvalue weighted by molar-refractivity contribution is 9.10. The summed E-state index contributed by atoms with van der Waals surface area (Å²) in [5.74, 6) is 0.0367. The van der Waals surface area contributed by atoms with Gasteiger partial charge < -0.3 is 10.8 Å². The zero-order valence-electron chi connectivity index (χ0n) is 14.8. The van der Waals surface area contributed by atoms with Gasteiger partial charge in [-0.15, -0.1) is 10.2 Å². The summed E-state index contributed by atoms with van der Waals surface area (Å²) < 4.78 is 2.71. The van der Waals surface area contributed by atoms with Crippen LogP contribution >= 0.6 is 28.1 Å². The molecule has 1 heterocycles. The maximum atomic E-state index is 10.8. The number of halogens is 1. The molecule has 3 rings (SSSR count). The number of fused-ring (bicyclic) bond motifs is 1. The third kappa shape index (κ3) is 4.52. The molecule has 1 aromatic heterocycles. The molecule has 6 nitrogen and oxygen atoms in total. The Morgan fingerprint density at radius 2 is 2.00 bits per heavy atom. The normalized spacial score (nSPS) is 11.7. The van der Waals surface area contributed by atoms with E-state index in [1.54, 1.807) is 0 Å². The number of aromatic nitrogens is 1. The Morgan fingerprint density at radius 1 is 1.26 bits per heavy atom. The number of benzene rings is 2. The first-order valence-corrected chi connectivity index (χ1v) is 9.68. The van der Waals surface area contributed by atoms with Crippen molar-refractivity contribution in [3.63, 3.8) is 0 Å². The quantitative estimate of drug-likeness (QED) is 0.416. The van der Waals surface area contributed by atoms with Gasteiger partial charge in [-0.1, -0.05) is 53.2 Å². The van der Waals surface area contributed by atoms with Crippen LogP contribution in [0.3, 0.4) is 0 Å². The van der Waals surface area contributed by atoms with E-state index in [-0.39, 0.29) is 11.0 Å². The van der Waals surface area contributed by atoms with Gasteiger partial charge in [0.1, 0.15) is 0 Å². The number of nitrogens with zero attached hydrogens (tertiary/aromatic N) is 4. The Kier molecular flexibility index (Phi) is 6.20. The summed E-state index contributed by atoms with van der Waals surface area (Å²) in [4.78, 5) is 2.23. The maximum absolute atomic E-state index is 10.8. The Morgan fingerprint density at radius 3 is 2.67 bits per heavy atom. The minimum absolute atomic E-state index is 0.0367. The van der Waals surface area contributed by atoms with E-state index in [4.69, 9.17) is 18.0 Å². The molecule has 27 heavy (non-hydrogen) atoms. The lowest BCUT2D eigenvalue weighted by Crippen LogP contribution is -2.25. The molecule has 0 aliphatic heterocycles. The lowest BCUT2D eigenvalue weighted by Gasteiger charge is -2.22. The van der Waals surface area contributed by atoms with Crippen molar-refractivity contribution in [2.24, 2.45) is 16.0 Å². The molecule has 3 aromatic rings. The van der Waals surface area contributed by atoms with Gasteiger partial charge in [0.25, 0.3) is 0 Å². The molecule has 3 N–H and O–H groups in total. The largest absolute Gasteiger partial charge is 0.493 e. The summed E-state index contributed by atoms with van der Waals surface area (Å²) in [7, 11) is 0. The smallest absolute Gasteiger partial charge is 0.221 e. The van der Waals surface area contributed by atoms with Crippen molar-refractivity contribution in [1.29, 1.82) is 0 Å². The minimum Gasteiger partial charge on any atom is -0.493 e. The van der Waals surface area contributed by atoms with Crippen LogP contribution in [-0.4, -0.2) is 26.2 Å². The van der Waals surface area contributed by atoms with Crippen LogP contribution in [0.4, 0.5) is 5.69 Å². The Balaban J connectivity index is 2.00. The second kappa shape index (κ2) is 8.60. The molecule has 0 fully saturated rings. The first-order valence-electron chi connectivity index (χ1n) is 8.47. The molecule has 0 amide bonds. The molecule has 0 unspecified atom stereocenters. The number of nitrogens with two attached hydrogens (primary N) is 1. The van der Waals surface area contributed by atoms with Crippen LogP contribution in [0, 0.1) is 0 Å². The number of hydrogen-bond donors (Lipinski definition) is 2. The first-order chi connectivity index (χ1) is 13.0. The predicted molar refractivity (Wildman–Crippen MR) is 115 cm³/mol. The fourth-order valence-corrected chi connectivity index (χ4v) is 3.34. The number of thiocarbonyl (C=S) groups is 1. The molecule has 0 spiro atoms. The highest BCUT2D eigenvalue weighted by Gasteiger charge is 2.19. The van der Waals surface area contributed by atoms with E-state index < -0.39 is 0 Å². The number of rotatable bonds is 6. The zero-order valence-corrected chi connectivity index (χ0v) is 17.2. The van der Waals surface area contributed by atoms with Crippen LogP contribution in [0.1, 0.15) is 12.5 Å². The number of aromatic hydroxyl groups is 1. The summed E-state index contributed by atoms with van der Waals surface area (Å²) >= 11 is 8.23. The first kappa shape index (κ1) is 19.5. The molecule has 0 aliphatic carbocycles. The summed E-state index contributed by atoms with van der Waals surface area (Å²) in [6.07, 6.45) is 0. The molecule has 0 radical (unpaired) electrons. The van der Waals surface area contributed by atoms with Gasteiger partial charge in [0.05, 0.1) is 12.2 Å². The van der Waals surface area contributed by atoms with Crippen LogP contribution in [0.25, 0.3) is 10.9 Å². The van der Waals surface area contributed by atoms with Crippen molar-refractivity contribution in [1.82, 2.24) is 9.47 Å². The Bertz CT molecular complexity index is 987. The summed E-state index contributed by atoms with van der Waals surface area (Å²) in [5.41, 5.74) is 7.86. The van der Waals surface area contributed by atoms with Crippen LogP contribution in [-0.2, 0) is 13.2 Å². The van der Waals surface area contributed by atoms with Crippen LogP contribution in [0.5, 0.6) is 5.88 Å². The topological polar surface area (TPSA) is 79.1 Å². The predicted octanol–water partition coefficient (Wildman–Crippen LogP) is 4.92. The van der Waals surface area contributed by atoms with Crippen LogP contribution in [0.2, 0.25) is 0 Å². The second-order valence-corrected chi connectivity index (χ2v) is 7.41. The average molecular weight is 446 g/mol. The van der Waals surface area contributed by atoms with Crippen molar-refractivity contribution in [3.8, 4) is 5.88 Å². The zero-order chi connectivity index (χ0) is 19.4. The Labute approximate surface area is 171 Å². The van der Waals surface area contributed by atoms with E-state index in [9.17, 15) is 5.11 Å². The third-order valence-corrected chi connectivity index (χ3v) is 4.83. The van der Waals surface area contributed by atoms with Gasteiger partial charge in [0.15, 0.2) is 5.69 Å². The molecule has 0 saturated carbocycles. The fraction of sp³-hybridized carbons (Fsp3) is 0.211. The summed E-state index contributed by atoms with van der Waals surface area (Å²) in [6, 6.07) is 16.0. The van der Waals surface area contributed by atoms with Gasteiger partial charge in [0, 0.05) is 16.4 Å². The molecule has 0 bridgehead atoms. The standard InChI is InChI=1S/C19H20BrN5OS/c1-2-24(11-13-6-4-3-5-7-13)12-25-16-9-8-14(20)10-15(16)17(18(25)26)22-23-19(21)27/h3-10,26H,2,11-12H2,1H3,(H2,21,27). The van der Waals surface area contributed by atoms with Gasteiger partial charge in [0.2, 0.25) is 11.0 Å². The summed E-state index contributed by atoms with van der Waals surface area (Å²) in [5, 5.41) is 19.3. The maximum Gasteiger partial charge on any atom is 0.221 e. The van der Waals surface area contributed by atoms with E-state index in [1.807, 2.05) is 41.0 Å². The van der Waals surface area contributed by atoms with E-state index in [0.717, 1.165) is 28.5 Å². The molecule has 0 aliphatic rings. The van der Waals surface area contributed by atoms with Crippen molar-refractivity contribution in [2.75, 3.05) is 6.54 Å². The summed E-state index contributed by atoms with van der Waals surface area (Å²) in [6.45, 7) is 4.21. The molecule has 8 heteroatoms. The van der Waals surface area contributed by atoms with Crippen molar-refractivity contribution < 1.29 is 5.11 Å². The van der Waals surface area contributed by atoms with E-state index in [0.29, 0.717) is 12.4 Å². The van der Waals surface area contributed by atoms with Gasteiger partial charge in [-0.2, -0.15) is 0 Å². The van der Waals surface area contributed by atoms with Crippen LogP contribution < -0.4 is 5.73 Å². The second-order valence-electron chi connectivity index (χ2n) is 6.07. The molecule has 0 saturated heterocycles. The highest BCUT2D eigenvalue weighted by Crippen LogP contribution is 2.40. The molecular weight excluding hydrogens is 426 g/mol. The van der Waals surface area contributed by atoms with E-state index in [2.05, 4.69) is 50.1 Å². The lowest BCUT2D eigenvalue weighted by atomic mass is 10.2. The average Bonchev–Trinajstić information content (AvgIpc) is 2.90. The van der Waals surface area contributed by atoms with Crippen molar-refractivity contribution in [2.45, 2.75) is 20.1 Å². The SMILES string of the molecule is CCN(Cc1ccccc1)Cn1c(O)c(N=NC(N)=S)c2cc(Br)ccc21. The van der Waals surface area contributed by atoms with Gasteiger partial charge in [-0.3, -0.25) is 9.47 Å². The lowest BCUT2D eigenvalue weighted by molar-refractivity contribution is 0.214. The third-order valence-electron chi connectivity index (χ3n) is 4.26.